The Morgan fingerprint density at radius 3 is 2.62 bits per heavy atom. The fourth-order valence-electron chi connectivity index (χ4n) is 5.66. The highest BCUT2D eigenvalue weighted by molar-refractivity contribution is 7.16. The van der Waals surface area contributed by atoms with Gasteiger partial charge in [-0.05, 0) is 100 Å². The highest BCUT2D eigenvalue weighted by Gasteiger charge is 2.27. The van der Waals surface area contributed by atoms with Gasteiger partial charge in [-0.25, -0.2) is 0 Å². The van der Waals surface area contributed by atoms with E-state index in [-0.39, 0.29) is 29.7 Å². The predicted molar refractivity (Wildman–Crippen MR) is 169 cm³/mol. The second kappa shape index (κ2) is 17.1. The third kappa shape index (κ3) is 9.12. The van der Waals surface area contributed by atoms with Crippen molar-refractivity contribution in [2.24, 2.45) is 0 Å². The van der Waals surface area contributed by atoms with Gasteiger partial charge < -0.3 is 24.7 Å². The van der Waals surface area contributed by atoms with Crippen LogP contribution in [0.4, 0.5) is 0 Å². The molecular formula is C30H45Cl2N3O3S. The zero-order valence-corrected chi connectivity index (χ0v) is 26.0. The van der Waals surface area contributed by atoms with Crippen LogP contribution in [-0.4, -0.2) is 56.3 Å². The first-order valence-corrected chi connectivity index (χ1v) is 14.7. The van der Waals surface area contributed by atoms with E-state index in [1.54, 1.807) is 14.2 Å². The maximum absolute atomic E-state index is 11.5. The third-order valence-electron chi connectivity index (χ3n) is 7.58. The van der Waals surface area contributed by atoms with Gasteiger partial charge in [-0.2, -0.15) is 0 Å². The number of nitrogens with zero attached hydrogens (tertiary/aromatic N) is 1. The van der Waals surface area contributed by atoms with E-state index < -0.39 is 0 Å². The fraction of sp³-hybridized carbons (Fsp3) is 0.567. The van der Waals surface area contributed by atoms with Gasteiger partial charge in [0.1, 0.15) is 0 Å². The second-order valence-corrected chi connectivity index (χ2v) is 11.1. The van der Waals surface area contributed by atoms with Crippen LogP contribution in [0.15, 0.2) is 35.1 Å². The standard InChI is InChI=1S/C30H43N3O3S.2ClH/c1-4-18-33(24-11-12-25-23(21-24)10-14-27(35-2)29(25)36-3)19-8-6-5-7-16-31-17-15-22-9-13-26-28(20-22)37-30(34)32-26;;/h9-10,13-14,20,24,31H,4-8,11-12,15-19,21H2,1-3H3,(H,32,34);2*1H. The predicted octanol–water partition coefficient (Wildman–Crippen LogP) is 6.41. The van der Waals surface area contributed by atoms with Crippen molar-refractivity contribution in [1.29, 1.82) is 0 Å². The van der Waals surface area contributed by atoms with Crippen LogP contribution in [0, 0.1) is 0 Å². The van der Waals surface area contributed by atoms with E-state index in [9.17, 15) is 4.79 Å². The number of fused-ring (bicyclic) bond motifs is 2. The van der Waals surface area contributed by atoms with Gasteiger partial charge in [0.05, 0.1) is 24.4 Å². The summed E-state index contributed by atoms with van der Waals surface area (Å²) in [5.74, 6) is 1.77. The van der Waals surface area contributed by atoms with Gasteiger partial charge >= 0.3 is 4.87 Å². The quantitative estimate of drug-likeness (QED) is 0.198. The number of methoxy groups -OCH3 is 2. The lowest BCUT2D eigenvalue weighted by Crippen LogP contribution is -2.40. The summed E-state index contributed by atoms with van der Waals surface area (Å²) in [5.41, 5.74) is 4.99. The molecule has 1 atom stereocenters. The smallest absolute Gasteiger partial charge is 0.305 e. The minimum absolute atomic E-state index is 0. The molecule has 4 rings (SSSR count). The van der Waals surface area contributed by atoms with E-state index in [0.717, 1.165) is 54.1 Å². The molecule has 1 heterocycles. The Bertz CT molecular complexity index is 1200. The number of hydrogen-bond donors (Lipinski definition) is 2. The molecule has 9 heteroatoms. The Morgan fingerprint density at radius 1 is 1.03 bits per heavy atom. The average molecular weight is 599 g/mol. The second-order valence-electron chi connectivity index (χ2n) is 10.1. The number of thiazole rings is 1. The summed E-state index contributed by atoms with van der Waals surface area (Å²) in [6.07, 6.45) is 10.6. The largest absolute Gasteiger partial charge is 0.493 e. The lowest BCUT2D eigenvalue weighted by Gasteiger charge is -2.36. The summed E-state index contributed by atoms with van der Waals surface area (Å²) in [6.45, 7) is 6.72. The summed E-state index contributed by atoms with van der Waals surface area (Å²) in [6, 6.07) is 11.2. The molecule has 0 bridgehead atoms. The molecule has 0 spiro atoms. The minimum Gasteiger partial charge on any atom is -0.493 e. The van der Waals surface area contributed by atoms with Crippen molar-refractivity contribution >= 4 is 46.4 Å². The zero-order valence-electron chi connectivity index (χ0n) is 23.6. The Labute approximate surface area is 249 Å². The van der Waals surface area contributed by atoms with Crippen molar-refractivity contribution in [3.05, 3.63) is 56.7 Å². The SMILES string of the molecule is CCCN(CCCCCCNCCc1ccc2[nH]c(=O)sc2c1)C1CCc2c(ccc(OC)c2OC)C1.Cl.Cl. The van der Waals surface area contributed by atoms with E-state index in [1.807, 2.05) is 6.07 Å². The maximum Gasteiger partial charge on any atom is 0.305 e. The topological polar surface area (TPSA) is 66.6 Å². The summed E-state index contributed by atoms with van der Waals surface area (Å²) < 4.78 is 12.2. The number of aromatic nitrogens is 1. The zero-order chi connectivity index (χ0) is 26.0. The van der Waals surface area contributed by atoms with Crippen molar-refractivity contribution in [3.8, 4) is 11.5 Å². The molecular weight excluding hydrogens is 553 g/mol. The number of benzene rings is 2. The Hall–Kier alpha value is -1.77. The third-order valence-corrected chi connectivity index (χ3v) is 8.43. The monoisotopic (exact) mass is 597 g/mol. The molecule has 1 aliphatic carbocycles. The molecule has 3 aromatic rings. The number of halogens is 2. The average Bonchev–Trinajstić information content (AvgIpc) is 3.29. The van der Waals surface area contributed by atoms with Gasteiger partial charge in [0.2, 0.25) is 0 Å². The van der Waals surface area contributed by atoms with Gasteiger partial charge in [-0.3, -0.25) is 4.79 Å². The molecule has 2 N–H and O–H groups in total. The lowest BCUT2D eigenvalue weighted by atomic mass is 9.86. The summed E-state index contributed by atoms with van der Waals surface area (Å²) in [7, 11) is 3.46. The summed E-state index contributed by atoms with van der Waals surface area (Å²) in [5, 5.41) is 3.59. The van der Waals surface area contributed by atoms with Gasteiger partial charge in [-0.15, -0.1) is 24.8 Å². The van der Waals surface area contributed by atoms with Crippen LogP contribution in [0.1, 0.15) is 62.1 Å². The van der Waals surface area contributed by atoms with Crippen molar-refractivity contribution in [3.63, 3.8) is 0 Å². The number of rotatable bonds is 15. The molecule has 1 unspecified atom stereocenters. The summed E-state index contributed by atoms with van der Waals surface area (Å²) in [4.78, 5) is 17.1. The van der Waals surface area contributed by atoms with Crippen molar-refractivity contribution in [1.82, 2.24) is 15.2 Å². The number of unbranched alkanes of at least 4 members (excludes halogenated alkanes) is 3. The molecule has 1 aromatic heterocycles. The normalized spacial score (nSPS) is 14.5. The number of ether oxygens (including phenoxy) is 2. The van der Waals surface area contributed by atoms with Crippen LogP contribution in [0.5, 0.6) is 11.5 Å². The van der Waals surface area contributed by atoms with Gasteiger partial charge in [0.25, 0.3) is 0 Å². The van der Waals surface area contributed by atoms with E-state index in [2.05, 4.69) is 46.4 Å². The Kier molecular flexibility index (Phi) is 14.7. The van der Waals surface area contributed by atoms with Crippen molar-refractivity contribution < 1.29 is 9.47 Å². The van der Waals surface area contributed by atoms with Crippen molar-refractivity contribution in [2.75, 3.05) is 40.4 Å². The Balaban J connectivity index is 0.00000267. The van der Waals surface area contributed by atoms with Crippen LogP contribution in [0.3, 0.4) is 0 Å². The highest BCUT2D eigenvalue weighted by Crippen LogP contribution is 2.38. The molecule has 0 aliphatic heterocycles. The highest BCUT2D eigenvalue weighted by atomic mass is 35.5. The van der Waals surface area contributed by atoms with E-state index >= 15 is 0 Å². The molecule has 2 aromatic carbocycles. The number of hydrogen-bond acceptors (Lipinski definition) is 6. The molecule has 39 heavy (non-hydrogen) atoms. The number of aromatic amines is 1. The molecule has 0 saturated heterocycles. The fourth-order valence-corrected chi connectivity index (χ4v) is 6.46. The van der Waals surface area contributed by atoms with Gasteiger partial charge in [-0.1, -0.05) is 43.2 Å². The van der Waals surface area contributed by atoms with Crippen LogP contribution in [-0.2, 0) is 19.3 Å². The first-order valence-electron chi connectivity index (χ1n) is 13.9. The van der Waals surface area contributed by atoms with Crippen LogP contribution in [0.25, 0.3) is 10.2 Å². The lowest BCUT2D eigenvalue weighted by molar-refractivity contribution is 0.175. The molecule has 218 valence electrons. The first-order chi connectivity index (χ1) is 18.1. The molecule has 6 nitrogen and oxygen atoms in total. The molecule has 0 saturated carbocycles. The molecule has 0 fully saturated rings. The van der Waals surface area contributed by atoms with Crippen LogP contribution < -0.4 is 19.7 Å². The number of nitrogens with one attached hydrogen (secondary N) is 2. The van der Waals surface area contributed by atoms with E-state index in [4.69, 9.17) is 9.47 Å². The Morgan fingerprint density at radius 2 is 1.85 bits per heavy atom. The van der Waals surface area contributed by atoms with Gasteiger partial charge in [0, 0.05) is 11.6 Å². The van der Waals surface area contributed by atoms with E-state index in [1.165, 1.54) is 79.6 Å². The van der Waals surface area contributed by atoms with Crippen molar-refractivity contribution in [2.45, 2.75) is 70.8 Å². The first kappa shape index (κ1) is 33.4. The van der Waals surface area contributed by atoms with Crippen LogP contribution in [0.2, 0.25) is 0 Å². The summed E-state index contributed by atoms with van der Waals surface area (Å²) >= 11 is 1.29. The number of H-pyrrole nitrogens is 1. The molecule has 0 radical (unpaired) electrons. The molecule has 0 amide bonds. The maximum atomic E-state index is 11.5. The van der Waals surface area contributed by atoms with E-state index in [0.29, 0.717) is 6.04 Å². The minimum atomic E-state index is 0. The van der Waals surface area contributed by atoms with Crippen LogP contribution >= 0.6 is 36.2 Å². The molecule has 1 aliphatic rings. The van der Waals surface area contributed by atoms with Gasteiger partial charge in [0.15, 0.2) is 11.5 Å².